The molecule has 33 heavy (non-hydrogen) atoms. The third kappa shape index (κ3) is 3.97. The van der Waals surface area contributed by atoms with E-state index in [4.69, 9.17) is 0 Å². The summed E-state index contributed by atoms with van der Waals surface area (Å²) >= 11 is 1.36. The highest BCUT2D eigenvalue weighted by atomic mass is 32.2. The van der Waals surface area contributed by atoms with Crippen molar-refractivity contribution in [3.63, 3.8) is 0 Å². The van der Waals surface area contributed by atoms with Crippen LogP contribution in [0, 0.1) is 10.1 Å². The van der Waals surface area contributed by atoms with Crippen LogP contribution in [-0.2, 0) is 27.2 Å². The van der Waals surface area contributed by atoms with Gasteiger partial charge >= 0.3 is 5.97 Å². The number of carboxylic acids is 1. The largest absolute Gasteiger partial charge is 0.479 e. The molecule has 10 heteroatoms. The molecule has 2 fully saturated rings. The third-order valence-electron chi connectivity index (χ3n) is 5.95. The molecule has 3 atom stereocenters. The first-order valence-electron chi connectivity index (χ1n) is 10.2. The van der Waals surface area contributed by atoms with E-state index in [9.17, 15) is 29.6 Å². The number of nitrogens with zero attached hydrogens (tertiary/aromatic N) is 2. The Balaban J connectivity index is 1.55. The first kappa shape index (κ1) is 22.5. The molecule has 2 amide bonds. The summed E-state index contributed by atoms with van der Waals surface area (Å²) in [5, 5.41) is 23.3. The van der Waals surface area contributed by atoms with E-state index in [1.54, 1.807) is 0 Å². The molecule has 0 aromatic heterocycles. The van der Waals surface area contributed by atoms with Crippen LogP contribution in [0.2, 0.25) is 0 Å². The van der Waals surface area contributed by atoms with Crippen molar-refractivity contribution in [3.05, 3.63) is 88.0 Å². The monoisotopic (exact) mass is 467 g/mol. The van der Waals surface area contributed by atoms with Crippen molar-refractivity contribution < 1.29 is 24.4 Å². The van der Waals surface area contributed by atoms with Crippen molar-refractivity contribution in [2.45, 2.75) is 29.8 Å². The summed E-state index contributed by atoms with van der Waals surface area (Å²) in [4.78, 5) is 49.8. The SMILES string of the molecule is C=C1CSC2C(NC(=O)Cc3ccccc3)C(=O)N2C1(Cc1ccc([N+](=O)[O-])cc1)C(=O)O. The van der Waals surface area contributed by atoms with Crippen LogP contribution in [-0.4, -0.2) is 55.4 Å². The average molecular weight is 468 g/mol. The first-order valence-corrected chi connectivity index (χ1v) is 11.2. The second kappa shape index (κ2) is 8.70. The number of aliphatic carboxylic acids is 1. The number of hydrogen-bond donors (Lipinski definition) is 2. The quantitative estimate of drug-likeness (QED) is 0.276. The zero-order valence-corrected chi connectivity index (χ0v) is 18.3. The van der Waals surface area contributed by atoms with E-state index < -0.39 is 33.8 Å². The molecule has 2 saturated heterocycles. The lowest BCUT2D eigenvalue weighted by atomic mass is 9.79. The molecule has 3 unspecified atom stereocenters. The van der Waals surface area contributed by atoms with Gasteiger partial charge in [0.05, 0.1) is 11.3 Å². The third-order valence-corrected chi connectivity index (χ3v) is 7.29. The Bertz CT molecular complexity index is 1140. The molecule has 0 spiro atoms. The van der Waals surface area contributed by atoms with E-state index in [1.807, 2.05) is 30.3 Å². The Hall–Kier alpha value is -3.66. The number of nitro groups is 1. The highest BCUT2D eigenvalue weighted by Crippen LogP contribution is 2.47. The summed E-state index contributed by atoms with van der Waals surface area (Å²) in [5.74, 6) is -1.73. The van der Waals surface area contributed by atoms with E-state index in [2.05, 4.69) is 11.9 Å². The van der Waals surface area contributed by atoms with Gasteiger partial charge in [0.2, 0.25) is 11.8 Å². The highest BCUT2D eigenvalue weighted by Gasteiger charge is 2.64. The van der Waals surface area contributed by atoms with E-state index in [0.29, 0.717) is 16.9 Å². The van der Waals surface area contributed by atoms with Crippen molar-refractivity contribution >= 4 is 35.2 Å². The molecule has 0 bridgehead atoms. The smallest absolute Gasteiger partial charge is 0.334 e. The second-order valence-corrected chi connectivity index (χ2v) is 9.09. The van der Waals surface area contributed by atoms with Crippen molar-refractivity contribution in [3.8, 4) is 0 Å². The number of rotatable bonds is 7. The summed E-state index contributed by atoms with van der Waals surface area (Å²) in [6, 6.07) is 13.8. The Morgan fingerprint density at radius 1 is 1.18 bits per heavy atom. The van der Waals surface area contributed by atoms with Gasteiger partial charge in [-0.05, 0) is 16.7 Å². The van der Waals surface area contributed by atoms with Gasteiger partial charge < -0.3 is 15.3 Å². The fourth-order valence-electron chi connectivity index (χ4n) is 4.23. The number of fused-ring (bicyclic) bond motifs is 1. The van der Waals surface area contributed by atoms with E-state index in [1.165, 1.54) is 40.9 Å². The summed E-state index contributed by atoms with van der Waals surface area (Å²) in [7, 11) is 0. The minimum absolute atomic E-state index is 0.0767. The van der Waals surface area contributed by atoms with E-state index >= 15 is 0 Å². The predicted molar refractivity (Wildman–Crippen MR) is 121 cm³/mol. The van der Waals surface area contributed by atoms with Crippen LogP contribution in [0.5, 0.6) is 0 Å². The van der Waals surface area contributed by atoms with Crippen molar-refractivity contribution in [2.75, 3.05) is 5.75 Å². The van der Waals surface area contributed by atoms with Crippen molar-refractivity contribution in [2.24, 2.45) is 0 Å². The van der Waals surface area contributed by atoms with Crippen LogP contribution in [0.3, 0.4) is 0 Å². The topological polar surface area (TPSA) is 130 Å². The lowest BCUT2D eigenvalue weighted by Gasteiger charge is -2.58. The van der Waals surface area contributed by atoms with Crippen LogP contribution < -0.4 is 5.32 Å². The molecular weight excluding hydrogens is 446 g/mol. The predicted octanol–water partition coefficient (Wildman–Crippen LogP) is 2.16. The van der Waals surface area contributed by atoms with Gasteiger partial charge in [-0.15, -0.1) is 11.8 Å². The number of carbonyl (C=O) groups is 3. The van der Waals surface area contributed by atoms with Gasteiger partial charge in [0.1, 0.15) is 11.4 Å². The molecule has 2 N–H and O–H groups in total. The molecule has 2 aromatic carbocycles. The van der Waals surface area contributed by atoms with Crippen LogP contribution in [0.25, 0.3) is 0 Å². The molecule has 4 rings (SSSR count). The zero-order valence-electron chi connectivity index (χ0n) is 17.5. The summed E-state index contributed by atoms with van der Waals surface area (Å²) < 4.78 is 0. The molecule has 2 aliphatic heterocycles. The van der Waals surface area contributed by atoms with Gasteiger partial charge in [0.25, 0.3) is 5.69 Å². The van der Waals surface area contributed by atoms with Gasteiger partial charge in [-0.1, -0.05) is 49.0 Å². The number of carbonyl (C=O) groups excluding carboxylic acids is 2. The van der Waals surface area contributed by atoms with Crippen molar-refractivity contribution in [1.29, 1.82) is 0 Å². The molecule has 2 heterocycles. The van der Waals surface area contributed by atoms with Crippen LogP contribution in [0.15, 0.2) is 66.7 Å². The normalized spacial score (nSPS) is 23.9. The second-order valence-electron chi connectivity index (χ2n) is 7.99. The fourth-order valence-corrected chi connectivity index (χ4v) is 5.65. The molecule has 0 aliphatic carbocycles. The molecule has 0 saturated carbocycles. The average Bonchev–Trinajstić information content (AvgIpc) is 2.79. The number of nitro benzene ring substituents is 1. The van der Waals surface area contributed by atoms with Gasteiger partial charge in [0.15, 0.2) is 5.54 Å². The first-order chi connectivity index (χ1) is 15.7. The molecule has 2 aromatic rings. The molecule has 0 radical (unpaired) electrons. The van der Waals surface area contributed by atoms with E-state index in [-0.39, 0.29) is 24.4 Å². The highest BCUT2D eigenvalue weighted by molar-refractivity contribution is 8.00. The number of carboxylic acid groups (broad SMARTS) is 1. The number of β-lactam (4-membered cyclic amide) rings is 1. The van der Waals surface area contributed by atoms with E-state index in [0.717, 1.165) is 5.56 Å². The molecule has 2 aliphatic rings. The van der Waals surface area contributed by atoms with Crippen LogP contribution >= 0.6 is 11.8 Å². The van der Waals surface area contributed by atoms with Gasteiger partial charge in [-0.3, -0.25) is 19.7 Å². The number of thioether (sulfide) groups is 1. The lowest BCUT2D eigenvalue weighted by molar-refractivity contribution is -0.384. The Labute approximate surface area is 193 Å². The number of nitrogens with one attached hydrogen (secondary N) is 1. The summed E-state index contributed by atoms with van der Waals surface area (Å²) in [6.45, 7) is 3.93. The van der Waals surface area contributed by atoms with Gasteiger partial charge in [-0.2, -0.15) is 0 Å². The van der Waals surface area contributed by atoms with Crippen LogP contribution in [0.1, 0.15) is 11.1 Å². The summed E-state index contributed by atoms with van der Waals surface area (Å²) in [6.07, 6.45) is 0.0359. The minimum atomic E-state index is -1.69. The number of amides is 2. The van der Waals surface area contributed by atoms with Crippen molar-refractivity contribution in [1.82, 2.24) is 10.2 Å². The fraction of sp³-hybridized carbons (Fsp3) is 0.261. The minimum Gasteiger partial charge on any atom is -0.479 e. The number of hydrogen-bond acceptors (Lipinski definition) is 6. The Kier molecular flexibility index (Phi) is 5.94. The number of non-ortho nitro benzene ring substituents is 1. The Morgan fingerprint density at radius 2 is 1.85 bits per heavy atom. The maximum Gasteiger partial charge on any atom is 0.334 e. The number of benzene rings is 2. The Morgan fingerprint density at radius 3 is 2.45 bits per heavy atom. The van der Waals surface area contributed by atoms with Gasteiger partial charge in [-0.25, -0.2) is 4.79 Å². The molecule has 170 valence electrons. The zero-order chi connectivity index (χ0) is 23.8. The summed E-state index contributed by atoms with van der Waals surface area (Å²) in [5.41, 5.74) is -0.109. The lowest BCUT2D eigenvalue weighted by Crippen LogP contribution is -2.79. The van der Waals surface area contributed by atoms with Gasteiger partial charge in [0, 0.05) is 24.3 Å². The van der Waals surface area contributed by atoms with Crippen LogP contribution in [0.4, 0.5) is 5.69 Å². The standard InChI is InChI=1S/C23H21N3O6S/c1-14-13-33-21-19(24-18(27)11-15-5-3-2-4-6-15)20(28)25(21)23(14,22(29)30)12-16-7-9-17(10-8-16)26(31)32/h2-10,19,21H,1,11-13H2,(H,24,27)(H,29,30). The maximum atomic E-state index is 13.1. The maximum absolute atomic E-state index is 13.1. The molecular formula is C23H21N3O6S. The molecule has 9 nitrogen and oxygen atoms in total.